The van der Waals surface area contributed by atoms with Gasteiger partial charge in [0.2, 0.25) is 11.6 Å². The molecule has 0 atom stereocenters. The summed E-state index contributed by atoms with van der Waals surface area (Å²) in [6.45, 7) is 0. The standard InChI is InChI=1S/C9H12O4/c1-12-9(13-2)5-7(6-10)3-4-8(9)11/h3-4,6,10H,5H2,1-2H3/b7-6+. The summed E-state index contributed by atoms with van der Waals surface area (Å²) in [4.78, 5) is 11.4. The molecule has 1 aliphatic rings. The van der Waals surface area contributed by atoms with Crippen molar-refractivity contribution in [2.45, 2.75) is 12.2 Å². The first-order chi connectivity index (χ1) is 6.18. The van der Waals surface area contributed by atoms with Crippen LogP contribution in [0.1, 0.15) is 6.42 Å². The van der Waals surface area contributed by atoms with Crippen molar-refractivity contribution in [1.82, 2.24) is 0 Å². The predicted octanol–water partition coefficient (Wildman–Crippen LogP) is 0.946. The molecule has 0 unspecified atom stereocenters. The molecule has 0 aromatic rings. The highest BCUT2D eigenvalue weighted by atomic mass is 16.7. The van der Waals surface area contributed by atoms with Gasteiger partial charge in [0.25, 0.3) is 0 Å². The zero-order valence-electron chi connectivity index (χ0n) is 7.61. The smallest absolute Gasteiger partial charge is 0.236 e. The molecule has 0 bridgehead atoms. The topological polar surface area (TPSA) is 55.8 Å². The Balaban J connectivity index is 2.99. The maximum absolute atomic E-state index is 11.4. The fourth-order valence-electron chi connectivity index (χ4n) is 1.24. The molecule has 0 aromatic carbocycles. The van der Waals surface area contributed by atoms with Crippen molar-refractivity contribution in [3.8, 4) is 0 Å². The molecule has 1 aliphatic carbocycles. The monoisotopic (exact) mass is 184 g/mol. The van der Waals surface area contributed by atoms with Crippen molar-refractivity contribution in [1.29, 1.82) is 0 Å². The van der Waals surface area contributed by atoms with Crippen molar-refractivity contribution < 1.29 is 19.4 Å². The third-order valence-corrected chi connectivity index (χ3v) is 2.09. The molecule has 1 rings (SSSR count). The van der Waals surface area contributed by atoms with E-state index in [0.29, 0.717) is 5.57 Å². The minimum atomic E-state index is -1.26. The minimum absolute atomic E-state index is 0.228. The summed E-state index contributed by atoms with van der Waals surface area (Å²) in [5.74, 6) is -1.51. The van der Waals surface area contributed by atoms with Crippen LogP contribution in [0, 0.1) is 0 Å². The Morgan fingerprint density at radius 1 is 1.46 bits per heavy atom. The van der Waals surface area contributed by atoms with Gasteiger partial charge in [-0.25, -0.2) is 0 Å². The van der Waals surface area contributed by atoms with Crippen LogP contribution >= 0.6 is 0 Å². The predicted molar refractivity (Wildman–Crippen MR) is 46.2 cm³/mol. The lowest BCUT2D eigenvalue weighted by Gasteiger charge is -2.30. The second-order valence-electron chi connectivity index (χ2n) is 2.74. The van der Waals surface area contributed by atoms with Gasteiger partial charge in [-0.2, -0.15) is 0 Å². The summed E-state index contributed by atoms with van der Waals surface area (Å²) in [5, 5.41) is 8.76. The molecule has 0 radical (unpaired) electrons. The van der Waals surface area contributed by atoms with E-state index in [1.165, 1.54) is 20.3 Å². The van der Waals surface area contributed by atoms with Crippen LogP contribution in [0.25, 0.3) is 0 Å². The zero-order chi connectivity index (χ0) is 9.90. The van der Waals surface area contributed by atoms with Gasteiger partial charge in [-0.05, 0) is 11.6 Å². The fraction of sp³-hybridized carbons (Fsp3) is 0.444. The van der Waals surface area contributed by atoms with Crippen molar-refractivity contribution >= 4 is 5.78 Å². The Kier molecular flexibility index (Phi) is 2.85. The number of aliphatic hydroxyl groups excluding tert-OH is 1. The molecule has 0 aromatic heterocycles. The minimum Gasteiger partial charge on any atom is -0.515 e. The van der Waals surface area contributed by atoms with Gasteiger partial charge in [0.1, 0.15) is 0 Å². The van der Waals surface area contributed by atoms with Gasteiger partial charge in [0.05, 0.1) is 6.26 Å². The number of carbonyl (C=O) groups excluding carboxylic acids is 1. The molecule has 72 valence electrons. The highest BCUT2D eigenvalue weighted by molar-refractivity contribution is 5.97. The number of hydrogen-bond acceptors (Lipinski definition) is 4. The largest absolute Gasteiger partial charge is 0.515 e. The molecule has 0 saturated carbocycles. The van der Waals surface area contributed by atoms with Crippen LogP contribution in [-0.2, 0) is 14.3 Å². The van der Waals surface area contributed by atoms with E-state index in [4.69, 9.17) is 14.6 Å². The molecule has 1 N–H and O–H groups in total. The summed E-state index contributed by atoms with van der Waals surface area (Å²) in [6, 6.07) is 0. The van der Waals surface area contributed by atoms with Gasteiger partial charge in [0, 0.05) is 20.6 Å². The maximum Gasteiger partial charge on any atom is 0.236 e. The Bertz CT molecular complexity index is 261. The van der Waals surface area contributed by atoms with Gasteiger partial charge in [-0.1, -0.05) is 6.08 Å². The molecule has 0 aliphatic heterocycles. The van der Waals surface area contributed by atoms with E-state index in [0.717, 1.165) is 6.26 Å². The van der Waals surface area contributed by atoms with Crippen molar-refractivity contribution in [2.75, 3.05) is 14.2 Å². The second-order valence-corrected chi connectivity index (χ2v) is 2.74. The SMILES string of the molecule is COC1(OC)C/C(=C/O)C=CC1=O. The molecule has 0 heterocycles. The van der Waals surface area contributed by atoms with Crippen LogP contribution in [0.4, 0.5) is 0 Å². The van der Waals surface area contributed by atoms with Crippen LogP contribution in [-0.4, -0.2) is 30.9 Å². The number of ether oxygens (including phenoxy) is 2. The number of aliphatic hydroxyl groups is 1. The highest BCUT2D eigenvalue weighted by Gasteiger charge is 2.39. The van der Waals surface area contributed by atoms with E-state index in [-0.39, 0.29) is 12.2 Å². The van der Waals surface area contributed by atoms with Crippen molar-refractivity contribution in [3.05, 3.63) is 24.0 Å². The Morgan fingerprint density at radius 3 is 2.54 bits per heavy atom. The quantitative estimate of drug-likeness (QED) is 0.512. The van der Waals surface area contributed by atoms with Gasteiger partial charge < -0.3 is 14.6 Å². The normalized spacial score (nSPS) is 23.8. The third kappa shape index (κ3) is 1.64. The Morgan fingerprint density at radius 2 is 2.08 bits per heavy atom. The summed E-state index contributed by atoms with van der Waals surface area (Å²) in [7, 11) is 2.80. The van der Waals surface area contributed by atoms with Gasteiger partial charge in [-0.3, -0.25) is 4.79 Å². The van der Waals surface area contributed by atoms with Gasteiger partial charge in [-0.15, -0.1) is 0 Å². The third-order valence-electron chi connectivity index (χ3n) is 2.09. The number of allylic oxidation sites excluding steroid dienone is 1. The number of ketones is 1. The number of methoxy groups -OCH3 is 2. The molecular formula is C9H12O4. The molecule has 4 heteroatoms. The van der Waals surface area contributed by atoms with E-state index in [9.17, 15) is 4.79 Å². The Labute approximate surface area is 76.5 Å². The zero-order valence-corrected chi connectivity index (χ0v) is 7.61. The average Bonchev–Trinajstić information content (AvgIpc) is 2.19. The van der Waals surface area contributed by atoms with Crippen LogP contribution < -0.4 is 0 Å². The lowest BCUT2D eigenvalue weighted by molar-refractivity contribution is -0.202. The lowest BCUT2D eigenvalue weighted by atomic mass is 9.95. The van der Waals surface area contributed by atoms with Crippen molar-refractivity contribution in [2.24, 2.45) is 0 Å². The lowest BCUT2D eigenvalue weighted by Crippen LogP contribution is -2.43. The second kappa shape index (κ2) is 3.72. The number of carbonyl (C=O) groups is 1. The fourth-order valence-corrected chi connectivity index (χ4v) is 1.24. The molecule has 0 amide bonds. The summed E-state index contributed by atoms with van der Waals surface area (Å²) in [5.41, 5.74) is 0.600. The molecule has 13 heavy (non-hydrogen) atoms. The number of rotatable bonds is 2. The maximum atomic E-state index is 11.4. The molecular weight excluding hydrogens is 172 g/mol. The van der Waals surface area contributed by atoms with E-state index >= 15 is 0 Å². The van der Waals surface area contributed by atoms with Crippen molar-refractivity contribution in [3.63, 3.8) is 0 Å². The van der Waals surface area contributed by atoms with E-state index in [1.807, 2.05) is 0 Å². The van der Waals surface area contributed by atoms with Crippen LogP contribution in [0.15, 0.2) is 24.0 Å². The summed E-state index contributed by atoms with van der Waals surface area (Å²) >= 11 is 0. The van der Waals surface area contributed by atoms with E-state index < -0.39 is 5.79 Å². The first kappa shape index (κ1) is 9.95. The average molecular weight is 184 g/mol. The van der Waals surface area contributed by atoms with Crippen LogP contribution in [0.5, 0.6) is 0 Å². The van der Waals surface area contributed by atoms with Crippen LogP contribution in [0.3, 0.4) is 0 Å². The number of hydrogen-bond donors (Lipinski definition) is 1. The molecule has 0 saturated heterocycles. The summed E-state index contributed by atoms with van der Waals surface area (Å²) in [6.07, 6.45) is 4.04. The van der Waals surface area contributed by atoms with Gasteiger partial charge in [0.15, 0.2) is 0 Å². The molecule has 0 spiro atoms. The van der Waals surface area contributed by atoms with Crippen LogP contribution in [0.2, 0.25) is 0 Å². The van der Waals surface area contributed by atoms with Gasteiger partial charge >= 0.3 is 0 Å². The Hall–Kier alpha value is -1.13. The molecule has 0 fully saturated rings. The highest BCUT2D eigenvalue weighted by Crippen LogP contribution is 2.27. The first-order valence-electron chi connectivity index (χ1n) is 3.84. The van der Waals surface area contributed by atoms with E-state index in [1.54, 1.807) is 6.08 Å². The molecule has 4 nitrogen and oxygen atoms in total. The first-order valence-corrected chi connectivity index (χ1v) is 3.84. The van der Waals surface area contributed by atoms with E-state index in [2.05, 4.69) is 0 Å². The summed E-state index contributed by atoms with van der Waals surface area (Å²) < 4.78 is 9.99.